The number of nitrogens with zero attached hydrogens (tertiary/aromatic N) is 4. The van der Waals surface area contributed by atoms with Gasteiger partial charge in [0.05, 0.1) is 36.5 Å². The molecule has 41 heavy (non-hydrogen) atoms. The van der Waals surface area contributed by atoms with Crippen LogP contribution in [-0.2, 0) is 14.2 Å². The molecule has 1 amide bonds. The van der Waals surface area contributed by atoms with E-state index in [1.807, 2.05) is 0 Å². The van der Waals surface area contributed by atoms with Crippen molar-refractivity contribution in [3.05, 3.63) is 59.3 Å². The molecule has 3 saturated heterocycles. The molecule has 11 heteroatoms. The molecule has 0 aliphatic carbocycles. The maximum absolute atomic E-state index is 13.9. The van der Waals surface area contributed by atoms with E-state index in [4.69, 9.17) is 23.9 Å². The van der Waals surface area contributed by atoms with Gasteiger partial charge in [-0.2, -0.15) is 0 Å². The van der Waals surface area contributed by atoms with E-state index in [2.05, 4.69) is 9.88 Å². The lowest BCUT2D eigenvalue weighted by Gasteiger charge is -2.34. The molecule has 1 aromatic heterocycles. The van der Waals surface area contributed by atoms with Crippen LogP contribution in [0, 0.1) is 11.6 Å². The van der Waals surface area contributed by atoms with Crippen molar-refractivity contribution in [2.24, 2.45) is 0 Å². The Morgan fingerprint density at radius 3 is 2.61 bits per heavy atom. The van der Waals surface area contributed by atoms with Crippen molar-refractivity contribution in [2.75, 3.05) is 50.9 Å². The van der Waals surface area contributed by atoms with Crippen LogP contribution in [0.25, 0.3) is 11.0 Å². The van der Waals surface area contributed by atoms with Crippen LogP contribution < -0.4 is 9.64 Å². The number of morpholine rings is 1. The van der Waals surface area contributed by atoms with Gasteiger partial charge in [-0.3, -0.25) is 9.78 Å². The van der Waals surface area contributed by atoms with E-state index in [1.165, 1.54) is 0 Å². The zero-order valence-electron chi connectivity index (χ0n) is 23.1. The number of aromatic nitrogens is 2. The molecule has 3 aliphatic heterocycles. The molecule has 3 atom stereocenters. The molecule has 0 spiro atoms. The van der Waals surface area contributed by atoms with Gasteiger partial charge in [-0.25, -0.2) is 13.8 Å². The van der Waals surface area contributed by atoms with Crippen LogP contribution in [0.2, 0.25) is 0 Å². The summed E-state index contributed by atoms with van der Waals surface area (Å²) in [6.45, 7) is 6.04. The summed E-state index contributed by atoms with van der Waals surface area (Å²) in [5, 5.41) is 0. The van der Waals surface area contributed by atoms with Gasteiger partial charge in [0.1, 0.15) is 29.3 Å². The Kier molecular flexibility index (Phi) is 8.27. The van der Waals surface area contributed by atoms with Gasteiger partial charge in [0.15, 0.2) is 6.29 Å². The minimum Gasteiger partial charge on any atom is -0.486 e. The number of halogens is 2. The Hall–Kier alpha value is -3.41. The second-order valence-corrected chi connectivity index (χ2v) is 10.7. The van der Waals surface area contributed by atoms with Gasteiger partial charge in [0, 0.05) is 62.1 Å². The molecule has 3 aliphatic rings. The quantitative estimate of drug-likeness (QED) is 0.389. The van der Waals surface area contributed by atoms with Gasteiger partial charge in [-0.15, -0.1) is 0 Å². The fourth-order valence-corrected chi connectivity index (χ4v) is 5.37. The lowest BCUT2D eigenvalue weighted by molar-refractivity contribution is -0.180. The highest BCUT2D eigenvalue weighted by atomic mass is 19.1. The third-order valence-corrected chi connectivity index (χ3v) is 7.71. The average Bonchev–Trinajstić information content (AvgIpc) is 2.94. The van der Waals surface area contributed by atoms with Crippen molar-refractivity contribution < 1.29 is 32.5 Å². The predicted octanol–water partition coefficient (Wildman–Crippen LogP) is 4.64. The van der Waals surface area contributed by atoms with Gasteiger partial charge in [-0.1, -0.05) is 0 Å². The third kappa shape index (κ3) is 6.42. The number of carbonyl (C=O) groups is 1. The van der Waals surface area contributed by atoms with Crippen LogP contribution in [0.3, 0.4) is 0 Å². The monoisotopic (exact) mass is 568 g/mol. The Morgan fingerprint density at radius 1 is 1.05 bits per heavy atom. The van der Waals surface area contributed by atoms with E-state index in [9.17, 15) is 13.6 Å². The minimum atomic E-state index is -0.734. The number of anilines is 1. The largest absolute Gasteiger partial charge is 0.486 e. The Morgan fingerprint density at radius 2 is 1.88 bits per heavy atom. The summed E-state index contributed by atoms with van der Waals surface area (Å²) in [5.41, 5.74) is 2.18. The normalized spacial score (nSPS) is 21.9. The zero-order chi connectivity index (χ0) is 28.3. The summed E-state index contributed by atoms with van der Waals surface area (Å²) in [5.74, 6) is -0.854. The van der Waals surface area contributed by atoms with Gasteiger partial charge in [-0.05, 0) is 44.7 Å². The van der Waals surface area contributed by atoms with Crippen LogP contribution in [0.5, 0.6) is 5.75 Å². The Balaban J connectivity index is 1.27. The number of hydrogen-bond acceptors (Lipinski definition) is 8. The van der Waals surface area contributed by atoms with Crippen LogP contribution >= 0.6 is 0 Å². The van der Waals surface area contributed by atoms with Crippen LogP contribution in [0.4, 0.5) is 14.6 Å². The van der Waals surface area contributed by atoms with Gasteiger partial charge in [0.25, 0.3) is 5.91 Å². The number of fused-ring (bicyclic) bond motifs is 1. The van der Waals surface area contributed by atoms with Crippen molar-refractivity contribution in [1.82, 2.24) is 14.9 Å². The Labute approximate surface area is 237 Å². The summed E-state index contributed by atoms with van der Waals surface area (Å²) < 4.78 is 51.3. The molecule has 0 radical (unpaired) electrons. The smallest absolute Gasteiger partial charge is 0.253 e. The maximum atomic E-state index is 13.9. The van der Waals surface area contributed by atoms with E-state index in [0.29, 0.717) is 67.4 Å². The molecule has 9 nitrogen and oxygen atoms in total. The molecule has 3 fully saturated rings. The average molecular weight is 569 g/mol. The van der Waals surface area contributed by atoms with Gasteiger partial charge >= 0.3 is 0 Å². The Bertz CT molecular complexity index is 1380. The summed E-state index contributed by atoms with van der Waals surface area (Å²) >= 11 is 0. The number of hydrogen-bond donors (Lipinski definition) is 0. The SMILES string of the molecule is CC(Oc1cc(F)cc(F)c1)c1cc(C(=O)N2CCC2)cc2ncc(N3CCOC(COC4CCCCO4)C3)nc12. The number of amides is 1. The number of rotatable bonds is 8. The molecule has 6 rings (SSSR count). The minimum absolute atomic E-state index is 0.0460. The molecule has 2 aromatic carbocycles. The van der Waals surface area contributed by atoms with E-state index < -0.39 is 17.7 Å². The van der Waals surface area contributed by atoms with Gasteiger partial charge in [0.2, 0.25) is 0 Å². The van der Waals surface area contributed by atoms with Crippen molar-refractivity contribution >= 4 is 22.8 Å². The molecule has 0 N–H and O–H groups in total. The fourth-order valence-electron chi connectivity index (χ4n) is 5.37. The standard InChI is InChI=1S/C30H34F2N4O5/c1-19(41-23-14-21(31)13-22(32)15-23)25-11-20(30(37)35-6-4-7-35)12-26-29(25)34-27(16-33-26)36-8-10-38-24(17-36)18-40-28-5-2-3-9-39-28/h11-16,19,24,28H,2-10,17-18H2,1H3. The first-order valence-electron chi connectivity index (χ1n) is 14.3. The molecule has 4 heterocycles. The summed E-state index contributed by atoms with van der Waals surface area (Å²) in [6.07, 6.45) is 4.71. The molecule has 0 saturated carbocycles. The molecular formula is C30H34F2N4O5. The number of benzene rings is 2. The summed E-state index contributed by atoms with van der Waals surface area (Å²) in [7, 11) is 0. The second-order valence-electron chi connectivity index (χ2n) is 10.7. The topological polar surface area (TPSA) is 86.3 Å². The number of carbonyl (C=O) groups excluding carboxylic acids is 1. The van der Waals surface area contributed by atoms with E-state index in [-0.39, 0.29) is 24.1 Å². The van der Waals surface area contributed by atoms with E-state index >= 15 is 0 Å². The second kappa shape index (κ2) is 12.2. The lowest BCUT2D eigenvalue weighted by atomic mass is 10.0. The van der Waals surface area contributed by atoms with Crippen LogP contribution in [0.15, 0.2) is 36.5 Å². The van der Waals surface area contributed by atoms with Crippen LogP contribution in [-0.4, -0.2) is 79.2 Å². The van der Waals surface area contributed by atoms with Crippen molar-refractivity contribution in [3.8, 4) is 5.75 Å². The maximum Gasteiger partial charge on any atom is 0.253 e. The first-order valence-corrected chi connectivity index (χ1v) is 14.3. The number of likely N-dealkylation sites (tertiary alicyclic amines) is 1. The predicted molar refractivity (Wildman–Crippen MR) is 147 cm³/mol. The third-order valence-electron chi connectivity index (χ3n) is 7.71. The van der Waals surface area contributed by atoms with Crippen molar-refractivity contribution in [3.63, 3.8) is 0 Å². The lowest BCUT2D eigenvalue weighted by Crippen LogP contribution is -2.45. The summed E-state index contributed by atoms with van der Waals surface area (Å²) in [6, 6.07) is 6.54. The molecule has 0 bridgehead atoms. The van der Waals surface area contributed by atoms with Crippen molar-refractivity contribution in [2.45, 2.75) is 51.1 Å². The van der Waals surface area contributed by atoms with Gasteiger partial charge < -0.3 is 28.7 Å². The first kappa shape index (κ1) is 27.7. The van der Waals surface area contributed by atoms with E-state index in [1.54, 1.807) is 30.2 Å². The fraction of sp³-hybridized carbons (Fsp3) is 0.500. The molecule has 218 valence electrons. The highest BCUT2D eigenvalue weighted by Gasteiger charge is 2.27. The zero-order valence-corrected chi connectivity index (χ0v) is 23.1. The van der Waals surface area contributed by atoms with Crippen molar-refractivity contribution in [1.29, 1.82) is 0 Å². The van der Waals surface area contributed by atoms with E-state index in [0.717, 1.165) is 50.5 Å². The molecule has 3 aromatic rings. The van der Waals surface area contributed by atoms with Crippen LogP contribution in [0.1, 0.15) is 54.6 Å². The first-order chi connectivity index (χ1) is 19.9. The summed E-state index contributed by atoms with van der Waals surface area (Å²) in [4.78, 5) is 26.6. The molecule has 3 unspecified atom stereocenters. The highest BCUT2D eigenvalue weighted by Crippen LogP contribution is 2.31. The number of ether oxygens (including phenoxy) is 4. The molecular weight excluding hydrogens is 534 g/mol. The highest BCUT2D eigenvalue weighted by molar-refractivity contribution is 5.98.